The van der Waals surface area contributed by atoms with Gasteiger partial charge in [-0.15, -0.1) is 0 Å². The van der Waals surface area contributed by atoms with Gasteiger partial charge in [0.05, 0.1) is 0 Å². The number of nitrogens with one attached hydrogen (secondary N) is 1. The highest BCUT2D eigenvalue weighted by Gasteiger charge is 2.13. The Morgan fingerprint density at radius 1 is 1.16 bits per heavy atom. The SMILES string of the molecule is CCC(CNCC(C)C)Cc1ncnn1CC(C)C. The molecule has 0 aromatic carbocycles. The van der Waals surface area contributed by atoms with Crippen LogP contribution < -0.4 is 5.32 Å². The largest absolute Gasteiger partial charge is 0.316 e. The van der Waals surface area contributed by atoms with Crippen molar-refractivity contribution in [2.45, 2.75) is 54.0 Å². The van der Waals surface area contributed by atoms with Crippen molar-refractivity contribution in [2.24, 2.45) is 17.8 Å². The zero-order valence-electron chi connectivity index (χ0n) is 13.2. The van der Waals surface area contributed by atoms with Crippen LogP contribution in [0.3, 0.4) is 0 Å². The molecule has 0 spiro atoms. The predicted octanol–water partition coefficient (Wildman–Crippen LogP) is 2.75. The van der Waals surface area contributed by atoms with Crippen LogP contribution in [-0.4, -0.2) is 27.9 Å². The summed E-state index contributed by atoms with van der Waals surface area (Å²) in [6.07, 6.45) is 3.89. The third-order valence-corrected chi connectivity index (χ3v) is 3.27. The number of hydrogen-bond acceptors (Lipinski definition) is 3. The van der Waals surface area contributed by atoms with Gasteiger partial charge in [0.1, 0.15) is 12.2 Å². The molecule has 0 radical (unpaired) electrons. The van der Waals surface area contributed by atoms with E-state index >= 15 is 0 Å². The second kappa shape index (κ2) is 8.31. The Bertz CT molecular complexity index is 344. The van der Waals surface area contributed by atoms with Crippen molar-refractivity contribution in [1.29, 1.82) is 0 Å². The molecular formula is C15H30N4. The van der Waals surface area contributed by atoms with E-state index in [4.69, 9.17) is 0 Å². The molecule has 1 unspecified atom stereocenters. The number of aromatic nitrogens is 3. The molecule has 4 nitrogen and oxygen atoms in total. The molecule has 1 aromatic rings. The Kier molecular flexibility index (Phi) is 7.06. The van der Waals surface area contributed by atoms with Gasteiger partial charge in [0.15, 0.2) is 0 Å². The summed E-state index contributed by atoms with van der Waals surface area (Å²) >= 11 is 0. The number of rotatable bonds is 9. The van der Waals surface area contributed by atoms with E-state index in [-0.39, 0.29) is 0 Å². The first-order valence-electron chi connectivity index (χ1n) is 7.60. The summed E-state index contributed by atoms with van der Waals surface area (Å²) in [7, 11) is 0. The van der Waals surface area contributed by atoms with E-state index in [0.717, 1.165) is 31.9 Å². The minimum atomic E-state index is 0.611. The minimum absolute atomic E-state index is 0.611. The molecule has 0 amide bonds. The van der Waals surface area contributed by atoms with Gasteiger partial charge in [-0.1, -0.05) is 41.0 Å². The van der Waals surface area contributed by atoms with Gasteiger partial charge in [0, 0.05) is 13.0 Å². The highest BCUT2D eigenvalue weighted by molar-refractivity contribution is 4.88. The third-order valence-electron chi connectivity index (χ3n) is 3.27. The molecule has 1 rings (SSSR count). The van der Waals surface area contributed by atoms with Gasteiger partial charge < -0.3 is 5.32 Å². The lowest BCUT2D eigenvalue weighted by atomic mass is 10.0. The normalized spacial score (nSPS) is 13.4. The Balaban J connectivity index is 2.48. The quantitative estimate of drug-likeness (QED) is 0.747. The average molecular weight is 266 g/mol. The Morgan fingerprint density at radius 3 is 2.47 bits per heavy atom. The molecule has 19 heavy (non-hydrogen) atoms. The molecule has 0 saturated carbocycles. The summed E-state index contributed by atoms with van der Waals surface area (Å²) in [6.45, 7) is 14.3. The van der Waals surface area contributed by atoms with E-state index < -0.39 is 0 Å². The number of nitrogens with zero attached hydrogens (tertiary/aromatic N) is 3. The summed E-state index contributed by atoms with van der Waals surface area (Å²) in [5.41, 5.74) is 0. The highest BCUT2D eigenvalue weighted by Crippen LogP contribution is 2.11. The first kappa shape index (κ1) is 16.2. The van der Waals surface area contributed by atoms with Crippen LogP contribution in [0, 0.1) is 17.8 Å². The Hall–Kier alpha value is -0.900. The first-order chi connectivity index (χ1) is 9.02. The van der Waals surface area contributed by atoms with Gasteiger partial charge in [-0.3, -0.25) is 0 Å². The van der Waals surface area contributed by atoms with Gasteiger partial charge in [-0.25, -0.2) is 9.67 Å². The molecule has 0 aliphatic heterocycles. The highest BCUT2D eigenvalue weighted by atomic mass is 15.3. The van der Waals surface area contributed by atoms with Crippen molar-refractivity contribution < 1.29 is 0 Å². The minimum Gasteiger partial charge on any atom is -0.316 e. The van der Waals surface area contributed by atoms with Crippen molar-refractivity contribution in [3.05, 3.63) is 12.2 Å². The smallest absolute Gasteiger partial charge is 0.138 e. The first-order valence-corrected chi connectivity index (χ1v) is 7.60. The second-order valence-electron chi connectivity index (χ2n) is 6.28. The summed E-state index contributed by atoms with van der Waals surface area (Å²) in [5, 5.41) is 7.89. The fourth-order valence-electron chi connectivity index (χ4n) is 2.14. The Labute approximate surface area is 118 Å². The van der Waals surface area contributed by atoms with Gasteiger partial charge in [0.2, 0.25) is 0 Å². The van der Waals surface area contributed by atoms with Gasteiger partial charge >= 0.3 is 0 Å². The van der Waals surface area contributed by atoms with Crippen molar-refractivity contribution in [1.82, 2.24) is 20.1 Å². The van der Waals surface area contributed by atoms with E-state index in [9.17, 15) is 0 Å². The van der Waals surface area contributed by atoms with Crippen LogP contribution >= 0.6 is 0 Å². The van der Waals surface area contributed by atoms with E-state index in [0.29, 0.717) is 17.8 Å². The summed E-state index contributed by atoms with van der Waals surface area (Å²) in [4.78, 5) is 4.42. The molecule has 0 saturated heterocycles. The molecule has 1 aromatic heterocycles. The molecule has 1 atom stereocenters. The molecule has 110 valence electrons. The van der Waals surface area contributed by atoms with Gasteiger partial charge in [-0.2, -0.15) is 5.10 Å². The fraction of sp³-hybridized carbons (Fsp3) is 0.867. The van der Waals surface area contributed by atoms with Crippen LogP contribution in [-0.2, 0) is 13.0 Å². The van der Waals surface area contributed by atoms with Crippen LogP contribution in [0.5, 0.6) is 0 Å². The standard InChI is InChI=1S/C15H30N4/c1-6-14(9-16-8-12(2)3)7-15-17-11-18-19(15)10-13(4)5/h11-14,16H,6-10H2,1-5H3. The van der Waals surface area contributed by atoms with E-state index in [1.807, 2.05) is 0 Å². The summed E-state index contributed by atoms with van der Waals surface area (Å²) in [5.74, 6) is 3.10. The van der Waals surface area contributed by atoms with Crippen LogP contribution in [0.2, 0.25) is 0 Å². The van der Waals surface area contributed by atoms with Crippen molar-refractivity contribution in [3.63, 3.8) is 0 Å². The fourth-order valence-corrected chi connectivity index (χ4v) is 2.14. The topological polar surface area (TPSA) is 42.7 Å². The van der Waals surface area contributed by atoms with E-state index in [1.165, 1.54) is 6.42 Å². The van der Waals surface area contributed by atoms with Crippen LogP contribution in [0.1, 0.15) is 46.9 Å². The molecule has 0 aliphatic carbocycles. The summed E-state index contributed by atoms with van der Waals surface area (Å²) in [6, 6.07) is 0. The molecule has 4 heteroatoms. The average Bonchev–Trinajstić information content (AvgIpc) is 2.74. The van der Waals surface area contributed by atoms with Crippen LogP contribution in [0.25, 0.3) is 0 Å². The maximum absolute atomic E-state index is 4.42. The number of hydrogen-bond donors (Lipinski definition) is 1. The predicted molar refractivity (Wildman–Crippen MR) is 80.1 cm³/mol. The summed E-state index contributed by atoms with van der Waals surface area (Å²) < 4.78 is 2.07. The molecule has 0 fully saturated rings. The lowest BCUT2D eigenvalue weighted by molar-refractivity contribution is 0.406. The van der Waals surface area contributed by atoms with Crippen molar-refractivity contribution in [3.8, 4) is 0 Å². The lowest BCUT2D eigenvalue weighted by Crippen LogP contribution is -2.28. The van der Waals surface area contributed by atoms with Gasteiger partial charge in [0.25, 0.3) is 0 Å². The van der Waals surface area contributed by atoms with Crippen LogP contribution in [0.4, 0.5) is 0 Å². The van der Waals surface area contributed by atoms with Crippen molar-refractivity contribution >= 4 is 0 Å². The molecule has 0 bridgehead atoms. The van der Waals surface area contributed by atoms with Crippen LogP contribution in [0.15, 0.2) is 6.33 Å². The molecule has 0 aliphatic rings. The van der Waals surface area contributed by atoms with Crippen molar-refractivity contribution in [2.75, 3.05) is 13.1 Å². The molecular weight excluding hydrogens is 236 g/mol. The third kappa shape index (κ3) is 6.19. The monoisotopic (exact) mass is 266 g/mol. The lowest BCUT2D eigenvalue weighted by Gasteiger charge is -2.17. The zero-order valence-corrected chi connectivity index (χ0v) is 13.2. The zero-order chi connectivity index (χ0) is 14.3. The maximum Gasteiger partial charge on any atom is 0.138 e. The maximum atomic E-state index is 4.42. The van der Waals surface area contributed by atoms with Gasteiger partial charge in [-0.05, 0) is 30.8 Å². The van der Waals surface area contributed by atoms with E-state index in [1.54, 1.807) is 6.33 Å². The Morgan fingerprint density at radius 2 is 1.89 bits per heavy atom. The molecule has 1 N–H and O–H groups in total. The van der Waals surface area contributed by atoms with E-state index in [2.05, 4.69) is 54.7 Å². The molecule has 1 heterocycles. The second-order valence-corrected chi connectivity index (χ2v) is 6.28.